The average Bonchev–Trinajstić information content (AvgIpc) is 3.00. The van der Waals surface area contributed by atoms with Crippen molar-refractivity contribution >= 4 is 22.9 Å². The Bertz CT molecular complexity index is 840. The van der Waals surface area contributed by atoms with Gasteiger partial charge in [0.05, 0.1) is 0 Å². The van der Waals surface area contributed by atoms with E-state index in [0.717, 1.165) is 16.5 Å². The molecule has 0 saturated heterocycles. The summed E-state index contributed by atoms with van der Waals surface area (Å²) in [5.41, 5.74) is 4.50. The molecule has 1 aliphatic rings. The molecule has 4 heteroatoms. The Morgan fingerprint density at radius 3 is 2.90 bits per heavy atom. The van der Waals surface area contributed by atoms with Crippen LogP contribution in [0.3, 0.4) is 0 Å². The van der Waals surface area contributed by atoms with Crippen LogP contribution in [-0.4, -0.2) is 16.3 Å². The molecule has 1 aliphatic heterocycles. The summed E-state index contributed by atoms with van der Waals surface area (Å²) in [6.07, 6.45) is 1.96. The Hall–Kier alpha value is -1.78. The molecule has 2 aromatic carbocycles. The lowest BCUT2D eigenvalue weighted by molar-refractivity contribution is 0.467. The quantitative estimate of drug-likeness (QED) is 0.638. The molecule has 0 fully saturated rings. The van der Waals surface area contributed by atoms with Crippen LogP contribution < -0.4 is 0 Å². The van der Waals surface area contributed by atoms with E-state index in [1.54, 1.807) is 18.0 Å². The van der Waals surface area contributed by atoms with Crippen molar-refractivity contribution < 1.29 is 4.39 Å². The second-order valence-electron chi connectivity index (χ2n) is 5.46. The molecule has 0 spiro atoms. The summed E-state index contributed by atoms with van der Waals surface area (Å²) < 4.78 is 15.6. The van der Waals surface area contributed by atoms with E-state index in [9.17, 15) is 4.39 Å². The Morgan fingerprint density at radius 1 is 1.19 bits per heavy atom. The van der Waals surface area contributed by atoms with Crippen LogP contribution in [0.2, 0.25) is 0 Å². The topological polar surface area (TPSA) is 19.0 Å². The summed E-state index contributed by atoms with van der Waals surface area (Å²) in [5.74, 6) is -0.212. The lowest BCUT2D eigenvalue weighted by atomic mass is 9.99. The van der Waals surface area contributed by atoms with Crippen LogP contribution in [0.1, 0.15) is 18.5 Å². The molecular formula is C17H15FN2S. The highest BCUT2D eigenvalue weighted by Crippen LogP contribution is 2.44. The first-order valence-electron chi connectivity index (χ1n) is 6.95. The van der Waals surface area contributed by atoms with Crippen molar-refractivity contribution in [2.75, 3.05) is 7.05 Å². The maximum atomic E-state index is 13.3. The van der Waals surface area contributed by atoms with Crippen molar-refractivity contribution in [3.8, 4) is 11.1 Å². The van der Waals surface area contributed by atoms with E-state index >= 15 is 0 Å². The number of rotatable bonds is 1. The van der Waals surface area contributed by atoms with Gasteiger partial charge in [-0.15, -0.1) is 0 Å². The van der Waals surface area contributed by atoms with Gasteiger partial charge in [-0.1, -0.05) is 6.07 Å². The SMILES string of the molecule is CC1c2cc(-c3c[nH]c4cc(F)ccc34)ccc2SN1C. The highest BCUT2D eigenvalue weighted by Gasteiger charge is 2.25. The molecule has 1 unspecified atom stereocenters. The summed E-state index contributed by atoms with van der Waals surface area (Å²) in [7, 11) is 2.11. The Labute approximate surface area is 127 Å². The van der Waals surface area contributed by atoms with Crippen LogP contribution in [0.4, 0.5) is 4.39 Å². The largest absolute Gasteiger partial charge is 0.360 e. The molecule has 106 valence electrons. The number of benzene rings is 2. The van der Waals surface area contributed by atoms with E-state index < -0.39 is 0 Å². The van der Waals surface area contributed by atoms with Gasteiger partial charge in [0.2, 0.25) is 0 Å². The average molecular weight is 298 g/mol. The summed E-state index contributed by atoms with van der Waals surface area (Å²) in [6, 6.07) is 11.9. The number of aromatic amines is 1. The molecule has 1 aromatic heterocycles. The molecule has 1 N–H and O–H groups in total. The predicted molar refractivity (Wildman–Crippen MR) is 85.7 cm³/mol. The van der Waals surface area contributed by atoms with Crippen molar-refractivity contribution in [1.82, 2.24) is 9.29 Å². The maximum absolute atomic E-state index is 13.3. The van der Waals surface area contributed by atoms with Gasteiger partial charge >= 0.3 is 0 Å². The second kappa shape index (κ2) is 4.61. The molecule has 3 aromatic rings. The second-order valence-corrected chi connectivity index (χ2v) is 6.66. The number of halogens is 1. The molecule has 0 aliphatic carbocycles. The third-order valence-corrected chi connectivity index (χ3v) is 5.38. The van der Waals surface area contributed by atoms with Gasteiger partial charge in [-0.2, -0.15) is 0 Å². The van der Waals surface area contributed by atoms with E-state index in [0.29, 0.717) is 6.04 Å². The highest BCUT2D eigenvalue weighted by molar-refractivity contribution is 7.97. The van der Waals surface area contributed by atoms with Gasteiger partial charge in [0, 0.05) is 33.6 Å². The minimum atomic E-state index is -0.212. The minimum Gasteiger partial charge on any atom is -0.360 e. The standard InChI is InChI=1S/C17H15FN2S/c1-10-14-7-11(3-6-17(14)21-20(10)2)15-9-19-16-8-12(18)4-5-13(15)16/h3-10,19H,1-2H3. The lowest BCUT2D eigenvalue weighted by Crippen LogP contribution is -2.07. The predicted octanol–water partition coefficient (Wildman–Crippen LogP) is 4.99. The number of nitrogens with zero attached hydrogens (tertiary/aromatic N) is 1. The zero-order valence-electron chi connectivity index (χ0n) is 11.9. The van der Waals surface area contributed by atoms with E-state index in [4.69, 9.17) is 0 Å². The Kier molecular flexibility index (Phi) is 2.84. The van der Waals surface area contributed by atoms with Gasteiger partial charge < -0.3 is 4.98 Å². The normalized spacial score (nSPS) is 18.3. The van der Waals surface area contributed by atoms with Crippen molar-refractivity contribution in [3.63, 3.8) is 0 Å². The van der Waals surface area contributed by atoms with Crippen LogP contribution >= 0.6 is 11.9 Å². The molecule has 2 nitrogen and oxygen atoms in total. The molecule has 1 atom stereocenters. The molecule has 21 heavy (non-hydrogen) atoms. The fourth-order valence-corrected chi connectivity index (χ4v) is 3.94. The summed E-state index contributed by atoms with van der Waals surface area (Å²) in [6.45, 7) is 2.22. The number of nitrogens with one attached hydrogen (secondary N) is 1. The number of hydrogen-bond acceptors (Lipinski definition) is 2. The monoisotopic (exact) mass is 298 g/mol. The van der Waals surface area contributed by atoms with Crippen LogP contribution in [0.5, 0.6) is 0 Å². The first-order chi connectivity index (χ1) is 10.1. The smallest absolute Gasteiger partial charge is 0.125 e. The van der Waals surface area contributed by atoms with Crippen molar-refractivity contribution in [2.24, 2.45) is 0 Å². The first-order valence-corrected chi connectivity index (χ1v) is 7.72. The summed E-state index contributed by atoms with van der Waals surface area (Å²) >= 11 is 1.79. The van der Waals surface area contributed by atoms with Crippen molar-refractivity contribution in [1.29, 1.82) is 0 Å². The molecule has 2 heterocycles. The van der Waals surface area contributed by atoms with Crippen molar-refractivity contribution in [3.05, 3.63) is 54.0 Å². The number of hydrogen-bond donors (Lipinski definition) is 1. The zero-order valence-corrected chi connectivity index (χ0v) is 12.7. The first kappa shape index (κ1) is 12.9. The number of H-pyrrole nitrogens is 1. The highest BCUT2D eigenvalue weighted by atomic mass is 32.2. The van der Waals surface area contributed by atoms with E-state index in [1.807, 2.05) is 12.3 Å². The fourth-order valence-electron chi connectivity index (χ4n) is 2.89. The van der Waals surface area contributed by atoms with E-state index in [-0.39, 0.29) is 5.82 Å². The molecule has 0 saturated carbocycles. The van der Waals surface area contributed by atoms with E-state index in [1.165, 1.54) is 22.1 Å². The molecular weight excluding hydrogens is 283 g/mol. The maximum Gasteiger partial charge on any atom is 0.125 e. The van der Waals surface area contributed by atoms with Crippen LogP contribution in [0.15, 0.2) is 47.5 Å². The van der Waals surface area contributed by atoms with Crippen LogP contribution in [-0.2, 0) is 0 Å². The third-order valence-electron chi connectivity index (χ3n) is 4.20. The Morgan fingerprint density at radius 2 is 2.05 bits per heavy atom. The van der Waals surface area contributed by atoms with Gasteiger partial charge in [0.25, 0.3) is 0 Å². The lowest BCUT2D eigenvalue weighted by Gasteiger charge is -2.12. The number of fused-ring (bicyclic) bond motifs is 2. The third kappa shape index (κ3) is 1.98. The van der Waals surface area contributed by atoms with Crippen LogP contribution in [0.25, 0.3) is 22.0 Å². The number of aromatic nitrogens is 1. The zero-order chi connectivity index (χ0) is 14.6. The fraction of sp³-hybridized carbons (Fsp3) is 0.176. The molecule has 4 rings (SSSR count). The van der Waals surface area contributed by atoms with Gasteiger partial charge in [-0.25, -0.2) is 8.70 Å². The summed E-state index contributed by atoms with van der Waals surface area (Å²) in [5, 5.41) is 1.06. The van der Waals surface area contributed by atoms with Gasteiger partial charge in [0.1, 0.15) is 5.82 Å². The molecule has 0 amide bonds. The van der Waals surface area contributed by atoms with Gasteiger partial charge in [-0.05, 0) is 67.4 Å². The Balaban J connectivity index is 1.87. The minimum absolute atomic E-state index is 0.212. The molecule has 0 bridgehead atoms. The van der Waals surface area contributed by atoms with Crippen LogP contribution in [0, 0.1) is 5.82 Å². The van der Waals surface area contributed by atoms with E-state index in [2.05, 4.69) is 41.5 Å². The van der Waals surface area contributed by atoms with Gasteiger partial charge in [0.15, 0.2) is 0 Å². The van der Waals surface area contributed by atoms with Crippen molar-refractivity contribution in [2.45, 2.75) is 17.9 Å². The van der Waals surface area contributed by atoms with Gasteiger partial charge in [-0.3, -0.25) is 0 Å². The molecule has 0 radical (unpaired) electrons. The summed E-state index contributed by atoms with van der Waals surface area (Å²) in [4.78, 5) is 4.48.